The van der Waals surface area contributed by atoms with Crippen molar-refractivity contribution in [2.75, 3.05) is 6.79 Å². The van der Waals surface area contributed by atoms with E-state index >= 15 is 0 Å². The quantitative estimate of drug-likeness (QED) is 0.764. The van der Waals surface area contributed by atoms with Crippen LogP contribution in [0.2, 0.25) is 5.02 Å². The first-order valence-electron chi connectivity index (χ1n) is 7.54. The van der Waals surface area contributed by atoms with E-state index in [2.05, 4.69) is 0 Å². The van der Waals surface area contributed by atoms with Gasteiger partial charge in [0.2, 0.25) is 0 Å². The molecular formula is C18H16ClFO4. The summed E-state index contributed by atoms with van der Waals surface area (Å²) in [7, 11) is 0. The van der Waals surface area contributed by atoms with Gasteiger partial charge in [-0.05, 0) is 36.2 Å². The van der Waals surface area contributed by atoms with Crippen LogP contribution in [0.15, 0.2) is 36.4 Å². The predicted octanol–water partition coefficient (Wildman–Crippen LogP) is 4.02. The fourth-order valence-electron chi connectivity index (χ4n) is 2.49. The number of carbonyl (C=O) groups is 1. The van der Waals surface area contributed by atoms with E-state index in [9.17, 15) is 9.18 Å². The van der Waals surface area contributed by atoms with Gasteiger partial charge in [0.1, 0.15) is 18.2 Å². The first kappa shape index (κ1) is 16.7. The van der Waals surface area contributed by atoms with Gasteiger partial charge in [0.25, 0.3) is 0 Å². The Balaban J connectivity index is 1.56. The van der Waals surface area contributed by atoms with Crippen molar-refractivity contribution < 1.29 is 23.4 Å². The van der Waals surface area contributed by atoms with Crippen molar-refractivity contribution in [2.45, 2.75) is 26.1 Å². The smallest absolute Gasteiger partial charge is 0.306 e. The number of fused-ring (bicyclic) bond motifs is 1. The fraction of sp³-hybridized carbons (Fsp3) is 0.278. The van der Waals surface area contributed by atoms with Crippen LogP contribution in [0.5, 0.6) is 5.75 Å². The molecule has 126 valence electrons. The second-order valence-electron chi connectivity index (χ2n) is 5.45. The summed E-state index contributed by atoms with van der Waals surface area (Å²) in [6.45, 7) is 0.673. The Hall–Kier alpha value is -2.11. The molecule has 0 aromatic heterocycles. The molecule has 1 heterocycles. The van der Waals surface area contributed by atoms with Crippen molar-refractivity contribution in [3.8, 4) is 5.75 Å². The van der Waals surface area contributed by atoms with Crippen LogP contribution in [0.3, 0.4) is 0 Å². The van der Waals surface area contributed by atoms with E-state index in [0.29, 0.717) is 23.8 Å². The third kappa shape index (κ3) is 4.24. The molecule has 0 atom stereocenters. The molecule has 24 heavy (non-hydrogen) atoms. The van der Waals surface area contributed by atoms with Crippen LogP contribution in [0, 0.1) is 5.82 Å². The molecule has 2 aromatic rings. The molecule has 0 bridgehead atoms. The van der Waals surface area contributed by atoms with Crippen molar-refractivity contribution in [2.24, 2.45) is 0 Å². The highest BCUT2D eigenvalue weighted by molar-refractivity contribution is 6.30. The van der Waals surface area contributed by atoms with Crippen molar-refractivity contribution in [1.82, 2.24) is 0 Å². The second kappa shape index (κ2) is 7.64. The zero-order valence-corrected chi connectivity index (χ0v) is 13.6. The highest BCUT2D eigenvalue weighted by Crippen LogP contribution is 2.32. The van der Waals surface area contributed by atoms with Gasteiger partial charge in [0.15, 0.2) is 6.79 Å². The van der Waals surface area contributed by atoms with E-state index in [1.165, 1.54) is 12.1 Å². The standard InChI is InChI=1S/C18H16ClFO4/c19-15-7-13-9-22-11-24-18(13)14(8-15)10-23-17(21)6-3-12-1-4-16(20)5-2-12/h1-2,4-5,7-8H,3,6,9-11H2. The molecule has 1 aliphatic rings. The number of rotatable bonds is 5. The molecule has 0 unspecified atom stereocenters. The third-order valence-electron chi connectivity index (χ3n) is 3.67. The van der Waals surface area contributed by atoms with Gasteiger partial charge >= 0.3 is 5.97 Å². The van der Waals surface area contributed by atoms with E-state index in [1.807, 2.05) is 0 Å². The Morgan fingerprint density at radius 3 is 2.83 bits per heavy atom. The normalized spacial score (nSPS) is 13.1. The van der Waals surface area contributed by atoms with E-state index in [1.54, 1.807) is 24.3 Å². The number of hydrogen-bond acceptors (Lipinski definition) is 4. The van der Waals surface area contributed by atoms with Crippen LogP contribution < -0.4 is 4.74 Å². The van der Waals surface area contributed by atoms with Gasteiger partial charge in [-0.25, -0.2) is 4.39 Å². The van der Waals surface area contributed by atoms with Crippen LogP contribution in [-0.2, 0) is 33.9 Å². The number of halogens is 2. The SMILES string of the molecule is O=C(CCc1ccc(F)cc1)OCc1cc(Cl)cc2c1OCOC2. The molecule has 0 amide bonds. The maximum atomic E-state index is 12.8. The minimum Gasteiger partial charge on any atom is -0.467 e. The molecule has 0 saturated heterocycles. The lowest BCUT2D eigenvalue weighted by atomic mass is 10.1. The maximum absolute atomic E-state index is 12.8. The molecule has 3 rings (SSSR count). The third-order valence-corrected chi connectivity index (χ3v) is 3.89. The van der Waals surface area contributed by atoms with Gasteiger partial charge in [-0.3, -0.25) is 4.79 Å². The molecular weight excluding hydrogens is 335 g/mol. The summed E-state index contributed by atoms with van der Waals surface area (Å²) in [6, 6.07) is 9.55. The number of benzene rings is 2. The summed E-state index contributed by atoms with van der Waals surface area (Å²) in [5.74, 6) is 0.0353. The van der Waals surface area contributed by atoms with Crippen LogP contribution in [0.1, 0.15) is 23.1 Å². The lowest BCUT2D eigenvalue weighted by molar-refractivity contribution is -0.145. The maximum Gasteiger partial charge on any atom is 0.306 e. The zero-order valence-electron chi connectivity index (χ0n) is 12.9. The Bertz CT molecular complexity index is 731. The number of hydrogen-bond donors (Lipinski definition) is 0. The molecule has 2 aromatic carbocycles. The van der Waals surface area contributed by atoms with Gasteiger partial charge in [-0.2, -0.15) is 0 Å². The van der Waals surface area contributed by atoms with Crippen LogP contribution in [-0.4, -0.2) is 12.8 Å². The van der Waals surface area contributed by atoms with E-state index in [4.69, 9.17) is 25.8 Å². The molecule has 4 nitrogen and oxygen atoms in total. The largest absolute Gasteiger partial charge is 0.467 e. The van der Waals surface area contributed by atoms with Gasteiger partial charge in [-0.15, -0.1) is 0 Å². The number of aryl methyl sites for hydroxylation is 1. The number of carbonyl (C=O) groups excluding carboxylic acids is 1. The van der Waals surface area contributed by atoms with E-state index in [-0.39, 0.29) is 31.6 Å². The number of ether oxygens (including phenoxy) is 3. The first-order chi connectivity index (χ1) is 11.6. The average molecular weight is 351 g/mol. The summed E-state index contributed by atoms with van der Waals surface area (Å²) in [5.41, 5.74) is 2.44. The van der Waals surface area contributed by atoms with E-state index in [0.717, 1.165) is 16.7 Å². The summed E-state index contributed by atoms with van der Waals surface area (Å²) in [4.78, 5) is 11.9. The fourth-order valence-corrected chi connectivity index (χ4v) is 2.76. The minimum atomic E-state index is -0.333. The zero-order chi connectivity index (χ0) is 16.9. The summed E-state index contributed by atoms with van der Waals surface area (Å²) in [5, 5.41) is 0.542. The van der Waals surface area contributed by atoms with E-state index < -0.39 is 0 Å². The lowest BCUT2D eigenvalue weighted by Gasteiger charge is -2.21. The summed E-state index contributed by atoms with van der Waals surface area (Å²) < 4.78 is 28.8. The average Bonchev–Trinajstić information content (AvgIpc) is 2.59. The van der Waals surface area contributed by atoms with Gasteiger partial charge in [0.05, 0.1) is 6.61 Å². The first-order valence-corrected chi connectivity index (χ1v) is 7.91. The second-order valence-corrected chi connectivity index (χ2v) is 5.89. The molecule has 0 radical (unpaired) electrons. The van der Waals surface area contributed by atoms with Gasteiger partial charge < -0.3 is 14.2 Å². The molecule has 0 N–H and O–H groups in total. The topological polar surface area (TPSA) is 44.8 Å². The minimum absolute atomic E-state index is 0.0884. The van der Waals surface area contributed by atoms with Crippen molar-refractivity contribution >= 4 is 17.6 Å². The van der Waals surface area contributed by atoms with Crippen molar-refractivity contribution in [3.63, 3.8) is 0 Å². The Kier molecular flexibility index (Phi) is 5.33. The molecule has 6 heteroatoms. The molecule has 0 fully saturated rings. The summed E-state index contributed by atoms with van der Waals surface area (Å²) >= 11 is 6.07. The van der Waals surface area contributed by atoms with Gasteiger partial charge in [0, 0.05) is 22.6 Å². The molecule has 0 aliphatic carbocycles. The Morgan fingerprint density at radius 2 is 2.04 bits per heavy atom. The Labute approximate surface area is 144 Å². The van der Waals surface area contributed by atoms with Crippen molar-refractivity contribution in [3.05, 3.63) is 63.9 Å². The predicted molar refractivity (Wildman–Crippen MR) is 86.3 cm³/mol. The van der Waals surface area contributed by atoms with Crippen LogP contribution >= 0.6 is 11.6 Å². The van der Waals surface area contributed by atoms with Crippen molar-refractivity contribution in [1.29, 1.82) is 0 Å². The molecule has 1 aliphatic heterocycles. The highest BCUT2D eigenvalue weighted by Gasteiger charge is 2.17. The number of esters is 1. The monoisotopic (exact) mass is 350 g/mol. The van der Waals surface area contributed by atoms with Crippen LogP contribution in [0.4, 0.5) is 4.39 Å². The molecule has 0 saturated carbocycles. The van der Waals surface area contributed by atoms with Crippen LogP contribution in [0.25, 0.3) is 0 Å². The Morgan fingerprint density at radius 1 is 1.25 bits per heavy atom. The van der Waals surface area contributed by atoms with Gasteiger partial charge in [-0.1, -0.05) is 23.7 Å². The summed E-state index contributed by atoms with van der Waals surface area (Å²) in [6.07, 6.45) is 0.718. The lowest BCUT2D eigenvalue weighted by Crippen LogP contribution is -2.14. The molecule has 0 spiro atoms. The highest BCUT2D eigenvalue weighted by atomic mass is 35.5.